The smallest absolute Gasteiger partial charge is 0.146 e. The van der Waals surface area contributed by atoms with Crippen LogP contribution in [-0.2, 0) is 4.79 Å². The second-order valence-electron chi connectivity index (χ2n) is 6.60. The molecule has 0 aliphatic heterocycles. The fraction of sp³-hybridized carbons (Fsp3) is 0.318. The standard InChI is InChI=1S/C22H24F2O/c1-4-5-20(15(2)3)21(14-25)22(16-6-10-18(23)11-7-16)17-8-12-19(24)13-9-17/h6-15,20H,4-5H2,1-3H3. The molecule has 0 heterocycles. The second-order valence-corrected chi connectivity index (χ2v) is 6.60. The van der Waals surface area contributed by atoms with Crippen LogP contribution in [-0.4, -0.2) is 6.29 Å². The highest BCUT2D eigenvalue weighted by Gasteiger charge is 2.22. The Kier molecular flexibility index (Phi) is 6.63. The second kappa shape index (κ2) is 8.70. The van der Waals surface area contributed by atoms with E-state index in [2.05, 4.69) is 20.8 Å². The summed E-state index contributed by atoms with van der Waals surface area (Å²) < 4.78 is 26.7. The summed E-state index contributed by atoms with van der Waals surface area (Å²) in [4.78, 5) is 12.0. The summed E-state index contributed by atoms with van der Waals surface area (Å²) in [6, 6.07) is 12.2. The van der Waals surface area contributed by atoms with Gasteiger partial charge in [0.15, 0.2) is 0 Å². The van der Waals surface area contributed by atoms with Gasteiger partial charge in [-0.2, -0.15) is 0 Å². The van der Waals surface area contributed by atoms with E-state index in [4.69, 9.17) is 0 Å². The molecule has 25 heavy (non-hydrogen) atoms. The topological polar surface area (TPSA) is 17.1 Å². The molecule has 3 heteroatoms. The van der Waals surface area contributed by atoms with Crippen LogP contribution in [0.25, 0.3) is 5.57 Å². The quantitative estimate of drug-likeness (QED) is 0.443. The van der Waals surface area contributed by atoms with Crippen molar-refractivity contribution in [2.45, 2.75) is 33.6 Å². The summed E-state index contributed by atoms with van der Waals surface area (Å²) in [5.74, 6) is -0.281. The Labute approximate surface area is 148 Å². The van der Waals surface area contributed by atoms with Gasteiger partial charge in [-0.25, -0.2) is 8.78 Å². The average molecular weight is 342 g/mol. The molecule has 0 saturated carbocycles. The lowest BCUT2D eigenvalue weighted by molar-refractivity contribution is -0.105. The van der Waals surface area contributed by atoms with Crippen LogP contribution in [0.2, 0.25) is 0 Å². The van der Waals surface area contributed by atoms with E-state index in [0.717, 1.165) is 35.8 Å². The summed E-state index contributed by atoms with van der Waals surface area (Å²) in [5.41, 5.74) is 2.96. The molecule has 1 atom stereocenters. The molecule has 0 bridgehead atoms. The Morgan fingerprint density at radius 2 is 1.36 bits per heavy atom. The van der Waals surface area contributed by atoms with Gasteiger partial charge >= 0.3 is 0 Å². The van der Waals surface area contributed by atoms with Crippen molar-refractivity contribution >= 4 is 11.9 Å². The van der Waals surface area contributed by atoms with Crippen molar-refractivity contribution in [3.05, 3.63) is 76.9 Å². The van der Waals surface area contributed by atoms with Crippen LogP contribution in [0.4, 0.5) is 8.78 Å². The first-order valence-corrected chi connectivity index (χ1v) is 8.69. The van der Waals surface area contributed by atoms with Crippen LogP contribution in [0.1, 0.15) is 44.7 Å². The van der Waals surface area contributed by atoms with Crippen molar-refractivity contribution in [2.24, 2.45) is 11.8 Å². The van der Waals surface area contributed by atoms with Gasteiger partial charge in [-0.3, -0.25) is 4.79 Å². The highest BCUT2D eigenvalue weighted by molar-refractivity contribution is 5.95. The molecular weight excluding hydrogens is 318 g/mol. The van der Waals surface area contributed by atoms with E-state index in [1.54, 1.807) is 24.3 Å². The van der Waals surface area contributed by atoms with Gasteiger partial charge in [0, 0.05) is 5.57 Å². The van der Waals surface area contributed by atoms with Gasteiger partial charge in [-0.1, -0.05) is 51.5 Å². The van der Waals surface area contributed by atoms with Gasteiger partial charge in [0.1, 0.15) is 17.9 Å². The number of carbonyl (C=O) groups excluding carboxylic acids is 1. The number of benzene rings is 2. The molecule has 0 saturated heterocycles. The van der Waals surface area contributed by atoms with Crippen molar-refractivity contribution in [1.29, 1.82) is 0 Å². The molecule has 0 radical (unpaired) electrons. The predicted octanol–water partition coefficient (Wildman–Crippen LogP) is 6.04. The Bertz CT molecular complexity index is 680. The lowest BCUT2D eigenvalue weighted by Crippen LogP contribution is -2.15. The maximum absolute atomic E-state index is 13.4. The van der Waals surface area contributed by atoms with Gasteiger partial charge in [-0.15, -0.1) is 0 Å². The Morgan fingerprint density at radius 1 is 0.920 bits per heavy atom. The van der Waals surface area contributed by atoms with Crippen molar-refractivity contribution < 1.29 is 13.6 Å². The van der Waals surface area contributed by atoms with E-state index >= 15 is 0 Å². The normalized spacial score (nSPS) is 12.1. The van der Waals surface area contributed by atoms with Crippen molar-refractivity contribution in [2.75, 3.05) is 0 Å². The minimum absolute atomic E-state index is 0.0904. The first-order chi connectivity index (χ1) is 12.0. The largest absolute Gasteiger partial charge is 0.298 e. The zero-order chi connectivity index (χ0) is 18.4. The Morgan fingerprint density at radius 3 is 1.68 bits per heavy atom. The van der Waals surface area contributed by atoms with Crippen LogP contribution in [0, 0.1) is 23.5 Å². The summed E-state index contributed by atoms with van der Waals surface area (Å²) in [6.07, 6.45) is 2.75. The van der Waals surface area contributed by atoms with Gasteiger partial charge in [0.2, 0.25) is 0 Å². The molecule has 1 unspecified atom stereocenters. The van der Waals surface area contributed by atoms with E-state index in [9.17, 15) is 13.6 Å². The van der Waals surface area contributed by atoms with Crippen LogP contribution >= 0.6 is 0 Å². The van der Waals surface area contributed by atoms with Gasteiger partial charge in [-0.05, 0) is 59.2 Å². The Balaban J connectivity index is 2.71. The van der Waals surface area contributed by atoms with E-state index in [0.29, 0.717) is 5.57 Å². The molecule has 0 aromatic heterocycles. The number of hydrogen-bond donors (Lipinski definition) is 0. The zero-order valence-electron chi connectivity index (χ0n) is 14.9. The van der Waals surface area contributed by atoms with Crippen molar-refractivity contribution in [3.63, 3.8) is 0 Å². The van der Waals surface area contributed by atoms with E-state index in [1.165, 1.54) is 24.3 Å². The first-order valence-electron chi connectivity index (χ1n) is 8.69. The Hall–Kier alpha value is -2.29. The van der Waals surface area contributed by atoms with E-state index in [-0.39, 0.29) is 23.5 Å². The minimum atomic E-state index is -0.330. The molecule has 0 spiro atoms. The number of rotatable bonds is 7. The first kappa shape index (κ1) is 19.0. The van der Waals surface area contributed by atoms with Crippen LogP contribution < -0.4 is 0 Å². The van der Waals surface area contributed by atoms with Crippen LogP contribution in [0.3, 0.4) is 0 Å². The number of hydrogen-bond acceptors (Lipinski definition) is 1. The SMILES string of the molecule is CCCC(C(C=O)=C(c1ccc(F)cc1)c1ccc(F)cc1)C(C)C. The van der Waals surface area contributed by atoms with Crippen LogP contribution in [0.15, 0.2) is 54.1 Å². The fourth-order valence-electron chi connectivity index (χ4n) is 3.22. The third-order valence-corrected chi connectivity index (χ3v) is 4.49. The third-order valence-electron chi connectivity index (χ3n) is 4.49. The molecule has 0 aliphatic carbocycles. The zero-order valence-corrected chi connectivity index (χ0v) is 14.9. The summed E-state index contributed by atoms with van der Waals surface area (Å²) >= 11 is 0. The summed E-state index contributed by atoms with van der Waals surface area (Å²) in [6.45, 7) is 6.28. The van der Waals surface area contributed by atoms with Crippen LogP contribution in [0.5, 0.6) is 0 Å². The molecule has 0 fully saturated rings. The lowest BCUT2D eigenvalue weighted by Gasteiger charge is -2.24. The molecule has 2 aromatic carbocycles. The van der Waals surface area contributed by atoms with Gasteiger partial charge < -0.3 is 0 Å². The predicted molar refractivity (Wildman–Crippen MR) is 98.1 cm³/mol. The monoisotopic (exact) mass is 342 g/mol. The molecule has 2 rings (SSSR count). The molecule has 0 aliphatic rings. The highest BCUT2D eigenvalue weighted by atomic mass is 19.1. The van der Waals surface area contributed by atoms with E-state index in [1.807, 2.05) is 0 Å². The molecule has 0 N–H and O–H groups in total. The number of carbonyl (C=O) groups is 1. The minimum Gasteiger partial charge on any atom is -0.298 e. The van der Waals surface area contributed by atoms with Gasteiger partial charge in [0.05, 0.1) is 0 Å². The summed E-state index contributed by atoms with van der Waals surface area (Å²) in [5, 5.41) is 0. The average Bonchev–Trinajstić information content (AvgIpc) is 2.60. The maximum atomic E-state index is 13.4. The molecule has 1 nitrogen and oxygen atoms in total. The third kappa shape index (κ3) is 4.62. The van der Waals surface area contributed by atoms with Gasteiger partial charge in [0.25, 0.3) is 0 Å². The molecule has 2 aromatic rings. The molecule has 132 valence electrons. The number of allylic oxidation sites excluding steroid dienone is 1. The van der Waals surface area contributed by atoms with Crippen molar-refractivity contribution in [3.8, 4) is 0 Å². The fourth-order valence-corrected chi connectivity index (χ4v) is 3.22. The summed E-state index contributed by atoms with van der Waals surface area (Å²) in [7, 11) is 0. The number of aldehydes is 1. The molecule has 0 amide bonds. The van der Waals surface area contributed by atoms with E-state index < -0.39 is 0 Å². The lowest BCUT2D eigenvalue weighted by atomic mass is 9.79. The van der Waals surface area contributed by atoms with Crippen molar-refractivity contribution in [1.82, 2.24) is 0 Å². The molecular formula is C22H24F2O. The number of halogens is 2. The maximum Gasteiger partial charge on any atom is 0.146 e. The highest BCUT2D eigenvalue weighted by Crippen LogP contribution is 2.34.